The molecule has 1 nitrogen and oxygen atoms in total. The maximum atomic E-state index is 16.2. The van der Waals surface area contributed by atoms with Crippen molar-refractivity contribution in [1.29, 1.82) is 0 Å². The Morgan fingerprint density at radius 1 is 0.404 bits per heavy atom. The van der Waals surface area contributed by atoms with Gasteiger partial charge < -0.3 is 3.79 Å². The fraction of sp³-hybridized carbons (Fsp3) is 0.250. The maximum Gasteiger partial charge on any atom is 0.539 e. The molecule has 4 aromatic rings. The molecule has 0 heterocycles. The van der Waals surface area contributed by atoms with E-state index in [0.29, 0.717) is 12.1 Å². The molecule has 0 unspecified atom stereocenters. The van der Waals surface area contributed by atoms with E-state index in [-0.39, 0.29) is 16.1 Å². The van der Waals surface area contributed by atoms with Crippen LogP contribution in [0, 0.1) is 87.3 Å². The third-order valence-corrected chi connectivity index (χ3v) is 13.3. The van der Waals surface area contributed by atoms with Crippen molar-refractivity contribution in [2.75, 3.05) is 0 Å². The highest BCUT2D eigenvalue weighted by molar-refractivity contribution is 7.20. The third-order valence-electron chi connectivity index (χ3n) is 8.61. The van der Waals surface area contributed by atoms with Crippen molar-refractivity contribution < 1.29 is 69.6 Å². The second kappa shape index (κ2) is 13.8. The molecule has 0 amide bonds. The van der Waals surface area contributed by atoms with Crippen LogP contribution in [0.4, 0.5) is 65.9 Å². The zero-order chi connectivity index (χ0) is 39.9. The Hall–Kier alpha value is -3.34. The predicted molar refractivity (Wildman–Crippen MR) is 173 cm³/mol. The van der Waals surface area contributed by atoms with Crippen LogP contribution < -0.4 is 36.0 Å². The average Bonchev–Trinajstić information content (AvgIpc) is 3.04. The summed E-state index contributed by atoms with van der Waals surface area (Å²) in [4.78, 5) is 0. The molecule has 0 bridgehead atoms. The second-order valence-corrected chi connectivity index (χ2v) is 26.8. The van der Waals surface area contributed by atoms with Crippen LogP contribution in [0.5, 0.6) is 5.75 Å². The summed E-state index contributed by atoms with van der Waals surface area (Å²) in [5.74, 6) is -41.9. The van der Waals surface area contributed by atoms with Gasteiger partial charge in [-0.15, -0.1) is 16.4 Å². The van der Waals surface area contributed by atoms with Gasteiger partial charge in [-0.05, 0) is 10.4 Å². The molecule has 0 aliphatic rings. The van der Waals surface area contributed by atoms with Crippen LogP contribution in [-0.2, 0) is 0 Å². The minimum Gasteiger partial charge on any atom is -0.643 e. The molecule has 0 aliphatic heterocycles. The summed E-state index contributed by atoms with van der Waals surface area (Å²) in [6.07, 6.45) is -5.90. The first kappa shape index (κ1) is 41.4. The van der Waals surface area contributed by atoms with Gasteiger partial charge in [0.05, 0.1) is 21.9 Å². The lowest BCUT2D eigenvalue weighted by Gasteiger charge is -2.46. The third kappa shape index (κ3) is 6.26. The fourth-order valence-electron chi connectivity index (χ4n) is 6.32. The molecule has 20 heteroatoms. The van der Waals surface area contributed by atoms with E-state index < -0.39 is 146 Å². The Bertz CT molecular complexity index is 1860. The van der Waals surface area contributed by atoms with Gasteiger partial charge in [-0.2, -0.15) is 5.46 Å². The van der Waals surface area contributed by atoms with Crippen LogP contribution in [0.25, 0.3) is 0 Å². The molecule has 0 fully saturated rings. The minimum absolute atomic E-state index is 0.0218. The molecule has 0 N–H and O–H groups in total. The first-order valence-corrected chi connectivity index (χ1v) is 25.0. The van der Waals surface area contributed by atoms with Gasteiger partial charge in [0.1, 0.15) is 41.0 Å². The molecule has 0 saturated carbocycles. The fourth-order valence-corrected chi connectivity index (χ4v) is 10.4. The topological polar surface area (TPSA) is 9.23 Å². The summed E-state index contributed by atoms with van der Waals surface area (Å²) in [5.41, 5.74) is -9.28. The van der Waals surface area contributed by atoms with Crippen LogP contribution in [-0.4, -0.2) is 36.8 Å². The van der Waals surface area contributed by atoms with Gasteiger partial charge in [0.2, 0.25) is 0 Å². The van der Waals surface area contributed by atoms with Gasteiger partial charge in [0, 0.05) is 0 Å². The molecule has 4 aromatic carbocycles. The van der Waals surface area contributed by atoms with Crippen molar-refractivity contribution in [3.05, 3.63) is 99.4 Å². The van der Waals surface area contributed by atoms with Crippen LogP contribution in [0.15, 0.2) is 12.1 Å². The Morgan fingerprint density at radius 3 is 0.808 bits per heavy atom. The van der Waals surface area contributed by atoms with Crippen LogP contribution in [0.1, 0.15) is 0 Å². The Balaban J connectivity index is 2.68. The summed E-state index contributed by atoms with van der Waals surface area (Å²) in [5, 5.41) is -0.0435. The first-order chi connectivity index (χ1) is 23.7. The number of hydrogen-bond acceptors (Lipinski definition) is 1. The Labute approximate surface area is 294 Å². The zero-order valence-electron chi connectivity index (χ0n) is 28.4. The second-order valence-electron chi connectivity index (χ2n) is 14.4. The van der Waals surface area contributed by atoms with Crippen molar-refractivity contribution in [1.82, 2.24) is 0 Å². The molecule has 0 spiro atoms. The van der Waals surface area contributed by atoms with Crippen LogP contribution in [0.2, 0.25) is 50.9 Å². The molecule has 4 rings (SSSR count). The smallest absolute Gasteiger partial charge is 0.539 e. The van der Waals surface area contributed by atoms with Gasteiger partial charge in [-0.3, -0.25) is 0 Å². The van der Waals surface area contributed by atoms with Gasteiger partial charge in [0.15, 0.2) is 52.4 Å². The van der Waals surface area contributed by atoms with E-state index in [1.165, 1.54) is 0 Å². The van der Waals surface area contributed by atoms with Gasteiger partial charge >= 0.3 is 14.5 Å². The number of benzene rings is 4. The Morgan fingerprint density at radius 2 is 0.615 bits per heavy atom. The van der Waals surface area contributed by atoms with E-state index >= 15 is 52.7 Å². The van der Waals surface area contributed by atoms with Gasteiger partial charge in [0.25, 0.3) is 0 Å². The van der Waals surface area contributed by atoms with Crippen LogP contribution >= 0.6 is 0 Å². The highest BCUT2D eigenvalue weighted by atomic mass is 28.3. The van der Waals surface area contributed by atoms with E-state index in [4.69, 9.17) is 3.79 Å². The molecule has 0 aromatic heterocycles. The van der Waals surface area contributed by atoms with E-state index in [0.717, 1.165) is 0 Å². The lowest BCUT2D eigenvalue weighted by atomic mass is 9.12. The molecule has 0 saturated heterocycles. The lowest BCUT2D eigenvalue weighted by Crippen LogP contribution is -2.80. The summed E-state index contributed by atoms with van der Waals surface area (Å²) in [6, 6.07) is 1.38. The van der Waals surface area contributed by atoms with Crippen molar-refractivity contribution >= 4 is 69.0 Å². The molecule has 0 radical (unpaired) electrons. The van der Waals surface area contributed by atoms with E-state index in [1.54, 1.807) is 50.9 Å². The van der Waals surface area contributed by atoms with Gasteiger partial charge in [-0.1, -0.05) is 63.0 Å². The zero-order valence-corrected chi connectivity index (χ0v) is 31.5. The first-order valence-electron chi connectivity index (χ1n) is 15.2. The highest BCUT2D eigenvalue weighted by Crippen LogP contribution is 2.29. The Kier molecular flexibility index (Phi) is 11.0. The predicted octanol–water partition coefficient (Wildman–Crippen LogP) is 6.87. The van der Waals surface area contributed by atoms with Crippen molar-refractivity contribution in [3.8, 4) is 5.75 Å². The normalized spacial score (nSPS) is 12.5. The summed E-state index contributed by atoms with van der Waals surface area (Å²) in [7, 11) is -6.20. The number of halogens is 15. The molecular formula is C32H26AlBF15OSi2-. The quantitative estimate of drug-likeness (QED) is 0.0819. The van der Waals surface area contributed by atoms with E-state index in [2.05, 4.69) is 0 Å². The molecule has 0 aliphatic carbocycles. The SMILES string of the molecule is [CH3][Al]([CH3])[O]c1c([Si](C)(C)C)cc([B-](c2c(F)c(F)c(F)c(F)c2F)(c2c(F)c(F)c(F)c(F)c2F)c2c(F)c(F)c(F)c(F)c2F)cc1[Si](C)(C)C. The molecule has 0 atom stereocenters. The van der Waals surface area contributed by atoms with Crippen molar-refractivity contribution in [2.24, 2.45) is 0 Å². The lowest BCUT2D eigenvalue weighted by molar-refractivity contribution is 0.380. The molecule has 280 valence electrons. The van der Waals surface area contributed by atoms with Gasteiger partial charge in [-0.25, -0.2) is 65.9 Å². The monoisotopic (exact) mass is 805 g/mol. The summed E-state index contributed by atoms with van der Waals surface area (Å²) < 4.78 is 238. The number of hydrogen-bond donors (Lipinski definition) is 0. The van der Waals surface area contributed by atoms with E-state index in [1.807, 2.05) is 0 Å². The summed E-state index contributed by atoms with van der Waals surface area (Å²) >= 11 is -2.17. The largest absolute Gasteiger partial charge is 0.643 e. The molecule has 52 heavy (non-hydrogen) atoms. The summed E-state index contributed by atoms with van der Waals surface area (Å²) in [6.45, 7) is 9.49. The van der Waals surface area contributed by atoms with Crippen molar-refractivity contribution in [2.45, 2.75) is 50.9 Å². The number of rotatable bonds is 8. The average molecular weight is 805 g/mol. The highest BCUT2D eigenvalue weighted by Gasteiger charge is 2.50. The van der Waals surface area contributed by atoms with Crippen LogP contribution in [0.3, 0.4) is 0 Å². The minimum atomic E-state index is -5.90. The van der Waals surface area contributed by atoms with E-state index in [9.17, 15) is 13.2 Å². The van der Waals surface area contributed by atoms with Crippen molar-refractivity contribution in [3.63, 3.8) is 0 Å². The standard InChI is InChI=1S/C30H21BF15OSi2.2CH3.Al/c1-48(2,3)10-7-9(8-11(30(10)47)49(4,5)6)31(12-15(32)21(38)27(44)22(39)16(12)33,13-17(34)23(40)28(45)24(41)18(13)35)14-19(36)25(42)29(46)26(43)20(14)37;;;/h7-8,47H,1-6H3;2*1H3;/q-1;;;+1/p-1. The maximum absolute atomic E-state index is 16.2. The molecular weight excluding hydrogens is 779 g/mol.